The van der Waals surface area contributed by atoms with E-state index >= 15 is 0 Å². The van der Waals surface area contributed by atoms with Crippen LogP contribution < -0.4 is 10.6 Å². The second kappa shape index (κ2) is 7.51. The summed E-state index contributed by atoms with van der Waals surface area (Å²) < 4.78 is 0. The van der Waals surface area contributed by atoms with Crippen molar-refractivity contribution in [2.75, 3.05) is 10.6 Å². The van der Waals surface area contributed by atoms with Crippen molar-refractivity contribution in [3.05, 3.63) is 84.3 Å². The molecule has 2 aromatic heterocycles. The van der Waals surface area contributed by atoms with Crippen LogP contribution in [-0.4, -0.2) is 20.9 Å². The number of fused-ring (bicyclic) bond motifs is 1. The zero-order valence-corrected chi connectivity index (χ0v) is 14.6. The number of carbonyl (C=O) groups is 1. The highest BCUT2D eigenvalue weighted by molar-refractivity contribution is 6.04. The second-order valence-electron chi connectivity index (χ2n) is 5.94. The van der Waals surface area contributed by atoms with E-state index in [1.54, 1.807) is 30.5 Å². The fraction of sp³-hybridized carbons (Fsp3) is 0. The fourth-order valence-electron chi connectivity index (χ4n) is 2.67. The van der Waals surface area contributed by atoms with Crippen molar-refractivity contribution >= 4 is 34.1 Å². The number of anilines is 3. The first kappa shape index (κ1) is 17.1. The number of aromatic nitrogens is 3. The lowest BCUT2D eigenvalue weighted by molar-refractivity contribution is 0.102. The quantitative estimate of drug-likeness (QED) is 0.568. The summed E-state index contributed by atoms with van der Waals surface area (Å²) >= 11 is 0. The Hall–Kier alpha value is -4.31. The Morgan fingerprint density at radius 1 is 0.929 bits per heavy atom. The molecule has 0 radical (unpaired) electrons. The molecule has 0 aliphatic carbocycles. The van der Waals surface area contributed by atoms with Crippen molar-refractivity contribution in [2.45, 2.75) is 0 Å². The summed E-state index contributed by atoms with van der Waals surface area (Å²) in [6.07, 6.45) is 4.63. The number of para-hydroxylation sites is 1. The highest BCUT2D eigenvalue weighted by Gasteiger charge is 2.09. The molecular weight excluding hydrogens is 352 g/mol. The van der Waals surface area contributed by atoms with E-state index in [9.17, 15) is 4.79 Å². The van der Waals surface area contributed by atoms with Gasteiger partial charge in [0, 0.05) is 29.7 Å². The number of rotatable bonds is 4. The van der Waals surface area contributed by atoms with Gasteiger partial charge in [-0.3, -0.25) is 9.78 Å². The number of carbonyl (C=O) groups excluding carboxylic acids is 1. The molecule has 28 heavy (non-hydrogen) atoms. The molecule has 0 fully saturated rings. The number of nitriles is 1. The molecule has 7 heteroatoms. The van der Waals surface area contributed by atoms with Crippen molar-refractivity contribution in [2.24, 2.45) is 0 Å². The predicted octanol–water partition coefficient (Wildman–Crippen LogP) is 3.89. The third-order valence-electron chi connectivity index (χ3n) is 4.07. The highest BCUT2D eigenvalue weighted by atomic mass is 16.1. The first-order chi connectivity index (χ1) is 13.7. The molecule has 0 aliphatic heterocycles. The maximum atomic E-state index is 12.3. The molecule has 2 N–H and O–H groups in total. The molecule has 0 bridgehead atoms. The second-order valence-corrected chi connectivity index (χ2v) is 5.94. The van der Waals surface area contributed by atoms with Gasteiger partial charge in [-0.05, 0) is 36.4 Å². The van der Waals surface area contributed by atoms with Gasteiger partial charge in [0.1, 0.15) is 0 Å². The number of nitrogens with one attached hydrogen (secondary N) is 2. The number of benzene rings is 2. The van der Waals surface area contributed by atoms with E-state index in [1.807, 2.05) is 36.4 Å². The van der Waals surface area contributed by atoms with Crippen molar-refractivity contribution in [1.29, 1.82) is 5.26 Å². The van der Waals surface area contributed by atoms with Crippen LogP contribution in [-0.2, 0) is 0 Å². The molecule has 0 aliphatic rings. The van der Waals surface area contributed by atoms with Gasteiger partial charge in [0.25, 0.3) is 5.91 Å². The van der Waals surface area contributed by atoms with Crippen LogP contribution >= 0.6 is 0 Å². The number of hydrogen-bond donors (Lipinski definition) is 2. The van der Waals surface area contributed by atoms with E-state index in [1.165, 1.54) is 12.4 Å². The Morgan fingerprint density at radius 2 is 1.68 bits per heavy atom. The van der Waals surface area contributed by atoms with Gasteiger partial charge < -0.3 is 10.6 Å². The molecule has 0 unspecified atom stereocenters. The third kappa shape index (κ3) is 3.61. The molecular formula is C21H14N6O. The monoisotopic (exact) mass is 366 g/mol. The Morgan fingerprint density at radius 3 is 2.43 bits per heavy atom. The maximum Gasteiger partial charge on any atom is 0.258 e. The zero-order chi connectivity index (χ0) is 19.3. The molecule has 4 aromatic rings. The van der Waals surface area contributed by atoms with Gasteiger partial charge >= 0.3 is 0 Å². The van der Waals surface area contributed by atoms with Gasteiger partial charge in [0.2, 0.25) is 5.95 Å². The molecule has 2 heterocycles. The van der Waals surface area contributed by atoms with Crippen molar-refractivity contribution in [1.82, 2.24) is 15.0 Å². The lowest BCUT2D eigenvalue weighted by Gasteiger charge is -2.08. The fourth-order valence-corrected chi connectivity index (χ4v) is 2.67. The number of amides is 1. The Kier molecular flexibility index (Phi) is 4.59. The van der Waals surface area contributed by atoms with Crippen LogP contribution in [0.25, 0.3) is 10.9 Å². The molecule has 0 spiro atoms. The lowest BCUT2D eigenvalue weighted by Crippen LogP contribution is -2.13. The summed E-state index contributed by atoms with van der Waals surface area (Å²) in [5.41, 5.74) is 3.04. The summed E-state index contributed by atoms with van der Waals surface area (Å²) in [7, 11) is 0. The van der Waals surface area contributed by atoms with Gasteiger partial charge in [-0.1, -0.05) is 18.2 Å². The van der Waals surface area contributed by atoms with Crippen LogP contribution in [0.2, 0.25) is 0 Å². The largest absolute Gasteiger partial charge is 0.322 e. The molecule has 0 atom stereocenters. The minimum absolute atomic E-state index is 0.325. The summed E-state index contributed by atoms with van der Waals surface area (Å²) in [4.78, 5) is 25.1. The summed E-state index contributed by atoms with van der Waals surface area (Å²) in [5.74, 6) is 0.0381. The van der Waals surface area contributed by atoms with Gasteiger partial charge in [-0.25, -0.2) is 9.97 Å². The van der Waals surface area contributed by atoms with E-state index in [2.05, 4.69) is 25.6 Å². The zero-order valence-electron chi connectivity index (χ0n) is 14.6. The molecule has 134 valence electrons. The van der Waals surface area contributed by atoms with Crippen LogP contribution in [0.15, 0.2) is 73.2 Å². The summed E-state index contributed by atoms with van der Waals surface area (Å²) in [5, 5.41) is 15.7. The Labute approximate surface area is 160 Å². The Balaban J connectivity index is 1.48. The number of hydrogen-bond acceptors (Lipinski definition) is 6. The number of pyridine rings is 1. The topological polar surface area (TPSA) is 104 Å². The minimum atomic E-state index is -0.330. The average molecular weight is 366 g/mol. The predicted molar refractivity (Wildman–Crippen MR) is 106 cm³/mol. The van der Waals surface area contributed by atoms with E-state index in [-0.39, 0.29) is 5.91 Å². The van der Waals surface area contributed by atoms with Crippen LogP contribution in [0.4, 0.5) is 17.3 Å². The molecule has 4 rings (SSSR count). The highest BCUT2D eigenvalue weighted by Crippen LogP contribution is 2.22. The standard InChI is InChI=1S/C21H14N6O/c22-11-14-6-8-17(9-7-14)26-20(28)16-12-24-21(25-13-16)27-18-5-1-3-15-4-2-10-23-19(15)18/h1-10,12-13H,(H,26,28)(H,24,25,27). The van der Waals surface area contributed by atoms with E-state index in [4.69, 9.17) is 5.26 Å². The summed E-state index contributed by atoms with van der Waals surface area (Å²) in [6.45, 7) is 0. The summed E-state index contributed by atoms with van der Waals surface area (Å²) in [6, 6.07) is 18.3. The van der Waals surface area contributed by atoms with E-state index in [0.29, 0.717) is 22.8 Å². The van der Waals surface area contributed by atoms with Crippen molar-refractivity contribution < 1.29 is 4.79 Å². The normalized spacial score (nSPS) is 10.2. The van der Waals surface area contributed by atoms with Gasteiger partial charge in [-0.15, -0.1) is 0 Å². The lowest BCUT2D eigenvalue weighted by atomic mass is 10.2. The van der Waals surface area contributed by atoms with E-state index in [0.717, 1.165) is 16.6 Å². The van der Waals surface area contributed by atoms with Crippen molar-refractivity contribution in [3.8, 4) is 6.07 Å². The first-order valence-electron chi connectivity index (χ1n) is 8.47. The molecule has 2 aromatic carbocycles. The van der Waals surface area contributed by atoms with Gasteiger partial charge in [0.15, 0.2) is 0 Å². The molecule has 1 amide bonds. The van der Waals surface area contributed by atoms with Crippen LogP contribution in [0.3, 0.4) is 0 Å². The minimum Gasteiger partial charge on any atom is -0.322 e. The van der Waals surface area contributed by atoms with Crippen LogP contribution in [0.1, 0.15) is 15.9 Å². The molecule has 7 nitrogen and oxygen atoms in total. The van der Waals surface area contributed by atoms with E-state index < -0.39 is 0 Å². The smallest absolute Gasteiger partial charge is 0.258 e. The van der Waals surface area contributed by atoms with Crippen LogP contribution in [0.5, 0.6) is 0 Å². The Bertz CT molecular complexity index is 1170. The van der Waals surface area contributed by atoms with Gasteiger partial charge in [-0.2, -0.15) is 5.26 Å². The maximum absolute atomic E-state index is 12.3. The SMILES string of the molecule is N#Cc1ccc(NC(=O)c2cnc(Nc3cccc4cccnc34)nc2)cc1. The number of nitrogens with zero attached hydrogens (tertiary/aromatic N) is 4. The molecule has 0 saturated heterocycles. The first-order valence-corrected chi connectivity index (χ1v) is 8.47. The van der Waals surface area contributed by atoms with Gasteiger partial charge in [0.05, 0.1) is 28.4 Å². The third-order valence-corrected chi connectivity index (χ3v) is 4.07. The van der Waals surface area contributed by atoms with Crippen molar-refractivity contribution in [3.63, 3.8) is 0 Å². The molecule has 0 saturated carbocycles. The van der Waals surface area contributed by atoms with Crippen LogP contribution in [0, 0.1) is 11.3 Å². The average Bonchev–Trinajstić information content (AvgIpc) is 2.75.